The van der Waals surface area contributed by atoms with Gasteiger partial charge in [-0.2, -0.15) is 0 Å². The Morgan fingerprint density at radius 2 is 1.62 bits per heavy atom. The Morgan fingerprint density at radius 3 is 2.21 bits per heavy atom. The molecule has 0 unspecified atom stereocenters. The molecule has 0 aromatic heterocycles. The van der Waals surface area contributed by atoms with Crippen molar-refractivity contribution >= 4 is 12.4 Å². The summed E-state index contributed by atoms with van der Waals surface area (Å²) in [6.45, 7) is 8.09. The van der Waals surface area contributed by atoms with Crippen molar-refractivity contribution in [1.82, 2.24) is 10.2 Å². The summed E-state index contributed by atoms with van der Waals surface area (Å²) in [5.41, 5.74) is 0. The van der Waals surface area contributed by atoms with Crippen LogP contribution in [0.25, 0.3) is 0 Å². The van der Waals surface area contributed by atoms with Crippen molar-refractivity contribution in [2.75, 3.05) is 39.4 Å². The molecule has 5 heteroatoms. The highest BCUT2D eigenvalue weighted by Gasteiger charge is 2.24. The molecule has 0 bridgehead atoms. The van der Waals surface area contributed by atoms with Gasteiger partial charge in [0, 0.05) is 12.6 Å². The molecule has 1 saturated carbocycles. The minimum Gasteiger partial charge on any atom is -0.494 e. The molecule has 0 radical (unpaired) electrons. The van der Waals surface area contributed by atoms with Gasteiger partial charge in [-0.25, -0.2) is 0 Å². The van der Waals surface area contributed by atoms with E-state index < -0.39 is 0 Å². The van der Waals surface area contributed by atoms with Crippen molar-refractivity contribution in [3.05, 3.63) is 24.3 Å². The van der Waals surface area contributed by atoms with Crippen molar-refractivity contribution in [2.24, 2.45) is 5.92 Å². The van der Waals surface area contributed by atoms with Crippen LogP contribution < -0.4 is 14.8 Å². The number of hydrogen-bond acceptors (Lipinski definition) is 4. The summed E-state index contributed by atoms with van der Waals surface area (Å²) in [6.07, 6.45) is 5.43. The quantitative estimate of drug-likeness (QED) is 0.737. The van der Waals surface area contributed by atoms with Gasteiger partial charge in [0.2, 0.25) is 0 Å². The monoisotopic (exact) mass is 354 g/mol. The molecule has 0 atom stereocenters. The second-order valence-corrected chi connectivity index (χ2v) is 6.72. The zero-order valence-corrected chi connectivity index (χ0v) is 15.5. The third-order valence-electron chi connectivity index (χ3n) is 4.79. The summed E-state index contributed by atoms with van der Waals surface area (Å²) in [6, 6.07) is 8.64. The summed E-state index contributed by atoms with van der Waals surface area (Å²) >= 11 is 0. The Labute approximate surface area is 152 Å². The lowest BCUT2D eigenvalue weighted by atomic mass is 10.0. The Kier molecular flexibility index (Phi) is 8.16. The van der Waals surface area contributed by atoms with Crippen LogP contribution in [0, 0.1) is 5.92 Å². The number of likely N-dealkylation sites (tertiary alicyclic amines) is 1. The van der Waals surface area contributed by atoms with Crippen LogP contribution in [0.5, 0.6) is 11.5 Å². The molecule has 0 spiro atoms. The van der Waals surface area contributed by atoms with Gasteiger partial charge in [-0.1, -0.05) is 0 Å². The maximum absolute atomic E-state index is 5.84. The zero-order chi connectivity index (χ0) is 15.9. The third kappa shape index (κ3) is 6.50. The van der Waals surface area contributed by atoms with Gasteiger partial charge in [0.15, 0.2) is 0 Å². The van der Waals surface area contributed by atoms with E-state index in [4.69, 9.17) is 9.47 Å². The molecule has 3 rings (SSSR count). The van der Waals surface area contributed by atoms with E-state index in [1.807, 2.05) is 31.2 Å². The molecular weight excluding hydrogens is 324 g/mol. The first-order chi connectivity index (χ1) is 11.3. The number of benzene rings is 1. The molecule has 2 aliphatic rings. The van der Waals surface area contributed by atoms with E-state index in [0.29, 0.717) is 6.61 Å². The number of piperidine rings is 1. The van der Waals surface area contributed by atoms with E-state index in [1.165, 1.54) is 45.3 Å². The molecule has 136 valence electrons. The Bertz CT molecular complexity index is 457. The second-order valence-electron chi connectivity index (χ2n) is 6.72. The standard InChI is InChI=1S/C19H30N2O2.ClH/c1-2-22-18-5-7-19(8-6-18)23-14-13-21-11-9-17(10-12-21)20-15-16-3-4-16;/h5-8,16-17,20H,2-4,9-15H2,1H3;1H. The van der Waals surface area contributed by atoms with Crippen molar-refractivity contribution in [3.8, 4) is 11.5 Å². The van der Waals surface area contributed by atoms with E-state index in [2.05, 4.69) is 10.2 Å². The predicted octanol–water partition coefficient (Wildman–Crippen LogP) is 3.35. The lowest BCUT2D eigenvalue weighted by molar-refractivity contribution is 0.164. The molecule has 1 heterocycles. The van der Waals surface area contributed by atoms with Crippen molar-refractivity contribution in [2.45, 2.75) is 38.6 Å². The molecule has 4 nitrogen and oxygen atoms in total. The summed E-state index contributed by atoms with van der Waals surface area (Å²) in [7, 11) is 0. The number of rotatable bonds is 9. The van der Waals surface area contributed by atoms with E-state index in [1.54, 1.807) is 0 Å². The van der Waals surface area contributed by atoms with E-state index in [9.17, 15) is 0 Å². The van der Waals surface area contributed by atoms with Crippen molar-refractivity contribution in [3.63, 3.8) is 0 Å². The van der Waals surface area contributed by atoms with Crippen LogP contribution in [0.15, 0.2) is 24.3 Å². The van der Waals surface area contributed by atoms with Gasteiger partial charge < -0.3 is 14.8 Å². The van der Waals surface area contributed by atoms with E-state index in [0.717, 1.165) is 36.6 Å². The van der Waals surface area contributed by atoms with Crippen LogP contribution >= 0.6 is 12.4 Å². The molecule has 1 N–H and O–H groups in total. The summed E-state index contributed by atoms with van der Waals surface area (Å²) in [4.78, 5) is 2.52. The maximum atomic E-state index is 5.84. The average Bonchev–Trinajstić information content (AvgIpc) is 3.40. The Balaban J connectivity index is 0.00000208. The van der Waals surface area contributed by atoms with Crippen LogP contribution in [0.2, 0.25) is 0 Å². The predicted molar refractivity (Wildman–Crippen MR) is 101 cm³/mol. The fraction of sp³-hybridized carbons (Fsp3) is 0.684. The number of hydrogen-bond donors (Lipinski definition) is 1. The summed E-state index contributed by atoms with van der Waals surface area (Å²) < 4.78 is 11.3. The van der Waals surface area contributed by atoms with Crippen molar-refractivity contribution < 1.29 is 9.47 Å². The average molecular weight is 355 g/mol. The molecule has 24 heavy (non-hydrogen) atoms. The van der Waals surface area contributed by atoms with Gasteiger partial charge in [0.25, 0.3) is 0 Å². The third-order valence-corrected chi connectivity index (χ3v) is 4.79. The lowest BCUT2D eigenvalue weighted by Crippen LogP contribution is -2.44. The molecule has 2 fully saturated rings. The van der Waals surface area contributed by atoms with Crippen LogP contribution in [-0.4, -0.2) is 50.3 Å². The number of nitrogens with one attached hydrogen (secondary N) is 1. The first kappa shape index (κ1) is 19.4. The molecule has 1 aliphatic carbocycles. The van der Waals surface area contributed by atoms with Crippen LogP contribution in [-0.2, 0) is 0 Å². The minimum atomic E-state index is 0. The highest BCUT2D eigenvalue weighted by atomic mass is 35.5. The fourth-order valence-electron chi connectivity index (χ4n) is 3.11. The van der Waals surface area contributed by atoms with Gasteiger partial charge >= 0.3 is 0 Å². The highest BCUT2D eigenvalue weighted by Crippen LogP contribution is 2.28. The second kappa shape index (κ2) is 10.1. The largest absolute Gasteiger partial charge is 0.494 e. The van der Waals surface area contributed by atoms with Crippen molar-refractivity contribution in [1.29, 1.82) is 0 Å². The number of halogens is 1. The molecular formula is C19H31ClN2O2. The van der Waals surface area contributed by atoms with E-state index >= 15 is 0 Å². The first-order valence-corrected chi connectivity index (χ1v) is 9.15. The zero-order valence-electron chi connectivity index (χ0n) is 14.7. The summed E-state index contributed by atoms with van der Waals surface area (Å²) in [5, 5.41) is 3.73. The minimum absolute atomic E-state index is 0. The first-order valence-electron chi connectivity index (χ1n) is 9.15. The summed E-state index contributed by atoms with van der Waals surface area (Å²) in [5.74, 6) is 2.81. The molecule has 1 aromatic rings. The highest BCUT2D eigenvalue weighted by molar-refractivity contribution is 5.85. The van der Waals surface area contributed by atoms with Gasteiger partial charge in [-0.05, 0) is 82.4 Å². The van der Waals surface area contributed by atoms with Gasteiger partial charge in [0.1, 0.15) is 18.1 Å². The maximum Gasteiger partial charge on any atom is 0.119 e. The van der Waals surface area contributed by atoms with Gasteiger partial charge in [-0.3, -0.25) is 4.90 Å². The fourth-order valence-corrected chi connectivity index (χ4v) is 3.11. The van der Waals surface area contributed by atoms with Gasteiger partial charge in [0.05, 0.1) is 6.61 Å². The Morgan fingerprint density at radius 1 is 1.00 bits per heavy atom. The normalized spacial score (nSPS) is 18.9. The van der Waals surface area contributed by atoms with Crippen LogP contribution in [0.3, 0.4) is 0 Å². The SMILES string of the molecule is CCOc1ccc(OCCN2CCC(NCC3CC3)CC2)cc1.Cl. The Hall–Kier alpha value is -0.970. The molecule has 1 aliphatic heterocycles. The van der Waals surface area contributed by atoms with Gasteiger partial charge in [-0.15, -0.1) is 12.4 Å². The van der Waals surface area contributed by atoms with Crippen LogP contribution in [0.1, 0.15) is 32.6 Å². The lowest BCUT2D eigenvalue weighted by Gasteiger charge is -2.32. The molecule has 0 amide bonds. The molecule has 1 aromatic carbocycles. The molecule has 1 saturated heterocycles. The smallest absolute Gasteiger partial charge is 0.119 e. The van der Waals surface area contributed by atoms with E-state index in [-0.39, 0.29) is 12.4 Å². The number of ether oxygens (including phenoxy) is 2. The number of nitrogens with zero attached hydrogens (tertiary/aromatic N) is 1. The topological polar surface area (TPSA) is 33.7 Å². The van der Waals surface area contributed by atoms with Crippen LogP contribution in [0.4, 0.5) is 0 Å².